The standard InChI is InChI=1S/C22H33FN2O3/c1-22(2,3)25(21(26)27)20-14-28-13-19(20)24-18-10-6-16(7-11-18)12-15-4-8-17(23)9-5-15/h4-5,8-9,16,18-20,24H,6-7,10-14H2,1-3H3,(H,26,27)/t16?,18?,19-,20-/m1/s1. The van der Waals surface area contributed by atoms with Gasteiger partial charge in [-0.2, -0.15) is 0 Å². The maximum absolute atomic E-state index is 13.1. The van der Waals surface area contributed by atoms with Crippen molar-refractivity contribution in [3.8, 4) is 0 Å². The molecule has 0 bridgehead atoms. The van der Waals surface area contributed by atoms with Gasteiger partial charge in [-0.05, 0) is 76.5 Å². The van der Waals surface area contributed by atoms with E-state index in [1.807, 2.05) is 32.9 Å². The zero-order valence-electron chi connectivity index (χ0n) is 17.2. The van der Waals surface area contributed by atoms with Gasteiger partial charge in [0.1, 0.15) is 5.82 Å². The predicted molar refractivity (Wildman–Crippen MR) is 107 cm³/mol. The fourth-order valence-corrected chi connectivity index (χ4v) is 4.67. The van der Waals surface area contributed by atoms with Crippen LogP contribution in [0.3, 0.4) is 0 Å². The van der Waals surface area contributed by atoms with Crippen molar-refractivity contribution in [3.63, 3.8) is 0 Å². The number of amides is 1. The van der Waals surface area contributed by atoms with E-state index in [1.54, 1.807) is 0 Å². The van der Waals surface area contributed by atoms with Crippen molar-refractivity contribution in [2.24, 2.45) is 5.92 Å². The molecule has 1 heterocycles. The van der Waals surface area contributed by atoms with Gasteiger partial charge in [-0.15, -0.1) is 0 Å². The monoisotopic (exact) mass is 392 g/mol. The number of benzene rings is 1. The molecule has 1 aromatic carbocycles. The molecule has 1 aromatic rings. The lowest BCUT2D eigenvalue weighted by Gasteiger charge is -2.41. The Hall–Kier alpha value is -1.66. The van der Waals surface area contributed by atoms with E-state index in [4.69, 9.17) is 4.74 Å². The summed E-state index contributed by atoms with van der Waals surface area (Å²) in [7, 11) is 0. The molecular weight excluding hydrogens is 359 g/mol. The molecule has 1 amide bonds. The molecule has 2 atom stereocenters. The van der Waals surface area contributed by atoms with Crippen molar-refractivity contribution in [2.45, 2.75) is 76.5 Å². The Morgan fingerprint density at radius 3 is 2.39 bits per heavy atom. The van der Waals surface area contributed by atoms with Crippen LogP contribution in [0, 0.1) is 11.7 Å². The smallest absolute Gasteiger partial charge is 0.408 e. The molecule has 1 aliphatic carbocycles. The Morgan fingerprint density at radius 1 is 1.18 bits per heavy atom. The molecule has 1 saturated carbocycles. The average molecular weight is 393 g/mol. The molecule has 2 aliphatic rings. The summed E-state index contributed by atoms with van der Waals surface area (Å²) in [6, 6.07) is 7.11. The highest BCUT2D eigenvalue weighted by atomic mass is 19.1. The number of carbonyl (C=O) groups is 1. The highest BCUT2D eigenvalue weighted by Crippen LogP contribution is 2.29. The minimum atomic E-state index is -0.891. The summed E-state index contributed by atoms with van der Waals surface area (Å²) < 4.78 is 18.7. The second-order valence-electron chi connectivity index (χ2n) is 9.25. The molecule has 5 nitrogen and oxygen atoms in total. The number of hydrogen-bond acceptors (Lipinski definition) is 3. The van der Waals surface area contributed by atoms with E-state index in [2.05, 4.69) is 5.32 Å². The quantitative estimate of drug-likeness (QED) is 0.793. The van der Waals surface area contributed by atoms with Gasteiger partial charge in [0.2, 0.25) is 0 Å². The summed E-state index contributed by atoms with van der Waals surface area (Å²) in [5, 5.41) is 13.4. The van der Waals surface area contributed by atoms with Crippen LogP contribution in [0.4, 0.5) is 9.18 Å². The molecule has 0 aromatic heterocycles. The van der Waals surface area contributed by atoms with Crippen LogP contribution in [0.25, 0.3) is 0 Å². The number of halogens is 1. The Balaban J connectivity index is 1.52. The van der Waals surface area contributed by atoms with Crippen LogP contribution in [0.2, 0.25) is 0 Å². The third kappa shape index (κ3) is 5.23. The van der Waals surface area contributed by atoms with E-state index in [9.17, 15) is 14.3 Å². The highest BCUT2D eigenvalue weighted by molar-refractivity contribution is 5.66. The van der Waals surface area contributed by atoms with Crippen LogP contribution >= 0.6 is 0 Å². The number of ether oxygens (including phenoxy) is 1. The van der Waals surface area contributed by atoms with Crippen molar-refractivity contribution in [1.82, 2.24) is 10.2 Å². The van der Waals surface area contributed by atoms with Crippen molar-refractivity contribution in [2.75, 3.05) is 13.2 Å². The topological polar surface area (TPSA) is 61.8 Å². The fourth-order valence-electron chi connectivity index (χ4n) is 4.67. The number of rotatable bonds is 5. The van der Waals surface area contributed by atoms with Crippen LogP contribution in [-0.4, -0.2) is 53.0 Å². The molecule has 0 unspecified atom stereocenters. The van der Waals surface area contributed by atoms with Gasteiger partial charge in [0, 0.05) is 11.6 Å². The number of hydrogen-bond donors (Lipinski definition) is 2. The first kappa shape index (κ1) is 21.1. The van der Waals surface area contributed by atoms with Gasteiger partial charge in [-0.3, -0.25) is 4.90 Å². The Morgan fingerprint density at radius 2 is 1.82 bits per heavy atom. The number of carboxylic acid groups (broad SMARTS) is 1. The SMILES string of the molecule is CC(C)(C)N(C(=O)O)[C@@H]1COC[C@H]1NC1CCC(Cc2ccc(F)cc2)CC1. The molecule has 2 fully saturated rings. The molecule has 156 valence electrons. The lowest BCUT2D eigenvalue weighted by Crippen LogP contribution is -2.59. The van der Waals surface area contributed by atoms with E-state index in [0.717, 1.165) is 32.1 Å². The first-order valence-corrected chi connectivity index (χ1v) is 10.3. The van der Waals surface area contributed by atoms with E-state index in [0.29, 0.717) is 25.2 Å². The predicted octanol–water partition coefficient (Wildman–Crippen LogP) is 4.06. The molecule has 0 radical (unpaired) electrons. The van der Waals surface area contributed by atoms with Gasteiger partial charge in [0.15, 0.2) is 0 Å². The van der Waals surface area contributed by atoms with Gasteiger partial charge in [0.25, 0.3) is 0 Å². The zero-order chi connectivity index (χ0) is 20.3. The maximum Gasteiger partial charge on any atom is 0.408 e. The Kier molecular flexibility index (Phi) is 6.61. The Bertz CT molecular complexity index is 651. The lowest BCUT2D eigenvalue weighted by atomic mass is 9.82. The van der Waals surface area contributed by atoms with Gasteiger partial charge in [0.05, 0.1) is 25.3 Å². The second kappa shape index (κ2) is 8.78. The van der Waals surface area contributed by atoms with Gasteiger partial charge >= 0.3 is 6.09 Å². The first-order chi connectivity index (χ1) is 13.2. The molecule has 1 saturated heterocycles. The summed E-state index contributed by atoms with van der Waals surface area (Å²) in [5.41, 5.74) is 0.737. The first-order valence-electron chi connectivity index (χ1n) is 10.3. The van der Waals surface area contributed by atoms with Crippen molar-refractivity contribution >= 4 is 6.09 Å². The highest BCUT2D eigenvalue weighted by Gasteiger charge is 2.42. The van der Waals surface area contributed by atoms with E-state index >= 15 is 0 Å². The summed E-state index contributed by atoms with van der Waals surface area (Å²) in [6.07, 6.45) is 4.54. The maximum atomic E-state index is 13.1. The summed E-state index contributed by atoms with van der Waals surface area (Å²) >= 11 is 0. The van der Waals surface area contributed by atoms with Crippen LogP contribution in [0.1, 0.15) is 52.0 Å². The van der Waals surface area contributed by atoms with Gasteiger partial charge in [-0.25, -0.2) is 9.18 Å². The van der Waals surface area contributed by atoms with Crippen LogP contribution < -0.4 is 5.32 Å². The largest absolute Gasteiger partial charge is 0.465 e. The minimum Gasteiger partial charge on any atom is -0.465 e. The van der Waals surface area contributed by atoms with E-state index < -0.39 is 11.6 Å². The molecule has 2 N–H and O–H groups in total. The summed E-state index contributed by atoms with van der Waals surface area (Å²) in [5.74, 6) is 0.444. The van der Waals surface area contributed by atoms with Gasteiger partial charge < -0.3 is 15.2 Å². The number of nitrogens with zero attached hydrogens (tertiary/aromatic N) is 1. The number of nitrogens with one attached hydrogen (secondary N) is 1. The van der Waals surface area contributed by atoms with E-state index in [1.165, 1.54) is 22.6 Å². The third-order valence-electron chi connectivity index (χ3n) is 6.05. The van der Waals surface area contributed by atoms with Crippen molar-refractivity contribution < 1.29 is 19.0 Å². The Labute approximate surface area is 167 Å². The van der Waals surface area contributed by atoms with Crippen LogP contribution in [0.5, 0.6) is 0 Å². The minimum absolute atomic E-state index is 0.0361. The molecule has 0 spiro atoms. The second-order valence-corrected chi connectivity index (χ2v) is 9.25. The van der Waals surface area contributed by atoms with E-state index in [-0.39, 0.29) is 17.9 Å². The van der Waals surface area contributed by atoms with Crippen molar-refractivity contribution in [1.29, 1.82) is 0 Å². The molecule has 3 rings (SSSR count). The summed E-state index contributed by atoms with van der Waals surface area (Å²) in [6.45, 7) is 6.78. The molecule has 6 heteroatoms. The molecule has 28 heavy (non-hydrogen) atoms. The average Bonchev–Trinajstić information content (AvgIpc) is 3.04. The third-order valence-corrected chi connectivity index (χ3v) is 6.05. The molecular formula is C22H33FN2O3. The van der Waals surface area contributed by atoms with Crippen molar-refractivity contribution in [3.05, 3.63) is 35.6 Å². The fraction of sp³-hybridized carbons (Fsp3) is 0.682. The molecule has 1 aliphatic heterocycles. The van der Waals surface area contributed by atoms with Crippen LogP contribution in [-0.2, 0) is 11.2 Å². The summed E-state index contributed by atoms with van der Waals surface area (Å²) in [4.78, 5) is 13.4. The normalized spacial score (nSPS) is 28.3. The lowest BCUT2D eigenvalue weighted by molar-refractivity contribution is 0.0569. The van der Waals surface area contributed by atoms with Gasteiger partial charge in [-0.1, -0.05) is 12.1 Å². The van der Waals surface area contributed by atoms with Crippen LogP contribution in [0.15, 0.2) is 24.3 Å². The zero-order valence-corrected chi connectivity index (χ0v) is 17.2.